The first kappa shape index (κ1) is 14.2. The molecule has 1 saturated carbocycles. The Labute approximate surface area is 115 Å². The molecule has 1 atom stereocenters. The molecule has 106 valence electrons. The number of phenolic OH excluding ortho intramolecular Hbond substituents is 2. The van der Waals surface area contributed by atoms with Crippen LogP contribution in [-0.2, 0) is 0 Å². The quantitative estimate of drug-likeness (QED) is 0.541. The van der Waals surface area contributed by atoms with Crippen molar-refractivity contribution in [2.45, 2.75) is 51.5 Å². The first-order chi connectivity index (χ1) is 9.16. The zero-order valence-corrected chi connectivity index (χ0v) is 11.7. The molecule has 0 aliphatic heterocycles. The maximum absolute atomic E-state index is 9.78. The summed E-state index contributed by atoms with van der Waals surface area (Å²) >= 11 is 0. The second-order valence-corrected chi connectivity index (χ2v) is 5.71. The van der Waals surface area contributed by atoms with Crippen LogP contribution in [0.5, 0.6) is 11.5 Å². The summed E-state index contributed by atoms with van der Waals surface area (Å²) in [6.07, 6.45) is 8.13. The molecule has 0 heterocycles. The van der Waals surface area contributed by atoms with Crippen molar-refractivity contribution in [2.75, 3.05) is 6.54 Å². The molecule has 1 aromatic rings. The van der Waals surface area contributed by atoms with Crippen LogP contribution in [0.3, 0.4) is 0 Å². The number of hydrogen-bond acceptors (Lipinski definition) is 3. The molecule has 1 fully saturated rings. The van der Waals surface area contributed by atoms with E-state index < -0.39 is 0 Å². The molecular weight excluding hydrogens is 238 g/mol. The van der Waals surface area contributed by atoms with E-state index in [1.807, 2.05) is 6.92 Å². The first-order valence-electron chi connectivity index (χ1n) is 7.42. The summed E-state index contributed by atoms with van der Waals surface area (Å²) in [5.41, 5.74) is 0.765. The highest BCUT2D eigenvalue weighted by Crippen LogP contribution is 2.29. The van der Waals surface area contributed by atoms with Crippen LogP contribution in [0.25, 0.3) is 0 Å². The Balaban J connectivity index is 1.74. The van der Waals surface area contributed by atoms with Gasteiger partial charge in [0, 0.05) is 11.6 Å². The van der Waals surface area contributed by atoms with Crippen molar-refractivity contribution in [3.8, 4) is 11.5 Å². The largest absolute Gasteiger partial charge is 0.508 e. The Morgan fingerprint density at radius 2 is 2.00 bits per heavy atom. The standard InChI is InChI=1S/C16H25NO2/c1-12(15-11-14(18)8-9-16(15)19)17-10-4-7-13-5-2-3-6-13/h8-9,11-13,17-19H,2-7,10H2,1H3. The van der Waals surface area contributed by atoms with E-state index in [0.29, 0.717) is 0 Å². The third-order valence-electron chi connectivity index (χ3n) is 4.19. The molecule has 2 rings (SSSR count). The van der Waals surface area contributed by atoms with Gasteiger partial charge in [-0.15, -0.1) is 0 Å². The molecule has 3 heteroatoms. The summed E-state index contributed by atoms with van der Waals surface area (Å²) in [4.78, 5) is 0. The molecule has 19 heavy (non-hydrogen) atoms. The summed E-state index contributed by atoms with van der Waals surface area (Å²) < 4.78 is 0. The Bertz CT molecular complexity index is 400. The normalized spacial score (nSPS) is 17.7. The van der Waals surface area contributed by atoms with Gasteiger partial charge in [0.25, 0.3) is 0 Å². The SMILES string of the molecule is CC(NCCCC1CCCC1)c1cc(O)ccc1O. The summed E-state index contributed by atoms with van der Waals surface area (Å²) in [6, 6.07) is 4.74. The van der Waals surface area contributed by atoms with Crippen LogP contribution in [-0.4, -0.2) is 16.8 Å². The van der Waals surface area contributed by atoms with Crippen molar-refractivity contribution < 1.29 is 10.2 Å². The van der Waals surface area contributed by atoms with E-state index in [4.69, 9.17) is 0 Å². The van der Waals surface area contributed by atoms with E-state index >= 15 is 0 Å². The highest BCUT2D eigenvalue weighted by atomic mass is 16.3. The highest BCUT2D eigenvalue weighted by molar-refractivity contribution is 5.40. The first-order valence-corrected chi connectivity index (χ1v) is 7.42. The van der Waals surface area contributed by atoms with Gasteiger partial charge in [-0.1, -0.05) is 25.7 Å². The van der Waals surface area contributed by atoms with Crippen LogP contribution in [0.4, 0.5) is 0 Å². The van der Waals surface area contributed by atoms with Crippen molar-refractivity contribution in [3.63, 3.8) is 0 Å². The molecule has 1 aromatic carbocycles. The molecule has 0 aromatic heterocycles. The molecule has 1 unspecified atom stereocenters. The van der Waals surface area contributed by atoms with Crippen LogP contribution >= 0.6 is 0 Å². The number of hydrogen-bond donors (Lipinski definition) is 3. The fraction of sp³-hybridized carbons (Fsp3) is 0.625. The van der Waals surface area contributed by atoms with Crippen molar-refractivity contribution in [1.29, 1.82) is 0 Å². The molecule has 1 aliphatic rings. The van der Waals surface area contributed by atoms with Crippen LogP contribution in [0.1, 0.15) is 57.1 Å². The molecule has 3 nitrogen and oxygen atoms in total. The second kappa shape index (κ2) is 6.80. The zero-order chi connectivity index (χ0) is 13.7. The molecule has 0 saturated heterocycles. The molecule has 1 aliphatic carbocycles. The summed E-state index contributed by atoms with van der Waals surface area (Å²) in [5.74, 6) is 1.38. The van der Waals surface area contributed by atoms with Crippen molar-refractivity contribution >= 4 is 0 Å². The Kier molecular flexibility index (Phi) is 5.08. The van der Waals surface area contributed by atoms with Gasteiger partial charge in [0.05, 0.1) is 0 Å². The third-order valence-corrected chi connectivity index (χ3v) is 4.19. The van der Waals surface area contributed by atoms with Crippen molar-refractivity contribution in [1.82, 2.24) is 5.32 Å². The van der Waals surface area contributed by atoms with Crippen LogP contribution in [0.15, 0.2) is 18.2 Å². The Morgan fingerprint density at radius 3 is 2.74 bits per heavy atom. The van der Waals surface area contributed by atoms with Crippen molar-refractivity contribution in [2.24, 2.45) is 5.92 Å². The topological polar surface area (TPSA) is 52.5 Å². The van der Waals surface area contributed by atoms with Gasteiger partial charge in [0.1, 0.15) is 11.5 Å². The number of benzene rings is 1. The van der Waals surface area contributed by atoms with E-state index in [1.165, 1.54) is 44.6 Å². The lowest BCUT2D eigenvalue weighted by molar-refractivity contribution is 0.430. The summed E-state index contributed by atoms with van der Waals surface area (Å²) in [7, 11) is 0. The van der Waals surface area contributed by atoms with Crippen LogP contribution in [0, 0.1) is 5.92 Å². The lowest BCUT2D eigenvalue weighted by Gasteiger charge is -2.16. The van der Waals surface area contributed by atoms with Gasteiger partial charge in [-0.3, -0.25) is 0 Å². The fourth-order valence-electron chi connectivity index (χ4n) is 3.01. The molecule has 0 bridgehead atoms. The second-order valence-electron chi connectivity index (χ2n) is 5.71. The smallest absolute Gasteiger partial charge is 0.120 e. The van der Waals surface area contributed by atoms with Gasteiger partial charge in [-0.25, -0.2) is 0 Å². The fourth-order valence-corrected chi connectivity index (χ4v) is 3.01. The predicted octanol–water partition coefficient (Wildman–Crippen LogP) is 3.72. The maximum Gasteiger partial charge on any atom is 0.120 e. The monoisotopic (exact) mass is 263 g/mol. The van der Waals surface area contributed by atoms with E-state index in [-0.39, 0.29) is 17.5 Å². The maximum atomic E-state index is 9.78. The predicted molar refractivity (Wildman–Crippen MR) is 77.4 cm³/mol. The van der Waals surface area contributed by atoms with E-state index in [2.05, 4.69) is 5.32 Å². The van der Waals surface area contributed by atoms with Crippen LogP contribution < -0.4 is 5.32 Å². The number of phenols is 2. The minimum atomic E-state index is 0.0654. The lowest BCUT2D eigenvalue weighted by atomic mass is 10.0. The Morgan fingerprint density at radius 1 is 1.26 bits per heavy atom. The van der Waals surface area contributed by atoms with Crippen LogP contribution in [0.2, 0.25) is 0 Å². The molecule has 0 amide bonds. The molecule has 0 spiro atoms. The minimum absolute atomic E-state index is 0.0654. The van der Waals surface area contributed by atoms with E-state index in [0.717, 1.165) is 18.0 Å². The van der Waals surface area contributed by atoms with Gasteiger partial charge in [0.15, 0.2) is 0 Å². The number of nitrogens with one attached hydrogen (secondary N) is 1. The minimum Gasteiger partial charge on any atom is -0.508 e. The highest BCUT2D eigenvalue weighted by Gasteiger charge is 2.15. The zero-order valence-electron chi connectivity index (χ0n) is 11.7. The lowest BCUT2D eigenvalue weighted by Crippen LogP contribution is -2.20. The molecule has 0 radical (unpaired) electrons. The average Bonchev–Trinajstić information content (AvgIpc) is 2.90. The summed E-state index contributed by atoms with van der Waals surface area (Å²) in [6.45, 7) is 2.98. The van der Waals surface area contributed by atoms with Gasteiger partial charge in [-0.05, 0) is 50.4 Å². The summed E-state index contributed by atoms with van der Waals surface area (Å²) in [5, 5.41) is 22.7. The molecular formula is C16H25NO2. The third kappa shape index (κ3) is 4.13. The van der Waals surface area contributed by atoms with Gasteiger partial charge < -0.3 is 15.5 Å². The van der Waals surface area contributed by atoms with Crippen molar-refractivity contribution in [3.05, 3.63) is 23.8 Å². The molecule has 3 N–H and O–H groups in total. The van der Waals surface area contributed by atoms with Gasteiger partial charge in [0.2, 0.25) is 0 Å². The Hall–Kier alpha value is -1.22. The average molecular weight is 263 g/mol. The van der Waals surface area contributed by atoms with E-state index in [9.17, 15) is 10.2 Å². The van der Waals surface area contributed by atoms with Gasteiger partial charge >= 0.3 is 0 Å². The number of rotatable bonds is 6. The number of aromatic hydroxyl groups is 2. The van der Waals surface area contributed by atoms with E-state index in [1.54, 1.807) is 12.1 Å². The van der Waals surface area contributed by atoms with Gasteiger partial charge in [-0.2, -0.15) is 0 Å².